The van der Waals surface area contributed by atoms with E-state index in [0.717, 1.165) is 18.5 Å². The fourth-order valence-corrected chi connectivity index (χ4v) is 3.14. The minimum Gasteiger partial charge on any atom is -0.315 e. The molecule has 0 saturated carbocycles. The Labute approximate surface area is 139 Å². The Bertz CT molecular complexity index is 696. The number of unbranched alkanes of at least 4 members (excludes halogenated alkanes) is 1. The number of carbonyl (C=O) groups excluding carboxylic acids is 1. The summed E-state index contributed by atoms with van der Waals surface area (Å²) < 4.78 is 1.60. The number of aromatic nitrogens is 3. The van der Waals surface area contributed by atoms with Crippen molar-refractivity contribution in [2.45, 2.75) is 43.6 Å². The first-order valence-electron chi connectivity index (χ1n) is 7.69. The highest BCUT2D eigenvalue weighted by Crippen LogP contribution is 2.23. The summed E-state index contributed by atoms with van der Waals surface area (Å²) in [5, 5.41) is 6.73. The summed E-state index contributed by atoms with van der Waals surface area (Å²) >= 11 is 1.30. The van der Waals surface area contributed by atoms with Crippen LogP contribution in [0.15, 0.2) is 40.3 Å². The van der Waals surface area contributed by atoms with Crippen molar-refractivity contribution in [1.29, 1.82) is 0 Å². The van der Waals surface area contributed by atoms with Gasteiger partial charge in [-0.3, -0.25) is 9.36 Å². The zero-order valence-corrected chi connectivity index (χ0v) is 14.5. The number of benzene rings is 1. The monoisotopic (exact) mass is 334 g/mol. The lowest BCUT2D eigenvalue weighted by Crippen LogP contribution is -2.33. The number of thioether (sulfide) groups is 1. The second kappa shape index (κ2) is 8.01. The quantitative estimate of drug-likeness (QED) is 0.790. The zero-order chi connectivity index (χ0) is 16.8. The Kier molecular flexibility index (Phi) is 6.04. The molecule has 2 aromatic rings. The van der Waals surface area contributed by atoms with Crippen molar-refractivity contribution in [2.75, 3.05) is 11.9 Å². The van der Waals surface area contributed by atoms with Crippen LogP contribution in [0.25, 0.3) is 0 Å². The first-order valence-corrected chi connectivity index (χ1v) is 8.57. The van der Waals surface area contributed by atoms with Crippen LogP contribution in [0.1, 0.15) is 26.7 Å². The van der Waals surface area contributed by atoms with E-state index in [1.165, 1.54) is 11.8 Å². The Hall–Kier alpha value is -2.02. The Balaban J connectivity index is 2.08. The number of hydrogen-bond acceptors (Lipinski definition) is 4. The van der Waals surface area contributed by atoms with Gasteiger partial charge in [0.15, 0.2) is 5.16 Å². The molecule has 23 heavy (non-hydrogen) atoms. The van der Waals surface area contributed by atoms with Crippen LogP contribution in [-0.2, 0) is 11.3 Å². The van der Waals surface area contributed by atoms with Gasteiger partial charge >= 0.3 is 5.69 Å². The smallest absolute Gasteiger partial charge is 0.315 e. The van der Waals surface area contributed by atoms with Crippen molar-refractivity contribution in [3.8, 4) is 0 Å². The highest BCUT2D eigenvalue weighted by atomic mass is 32.2. The van der Waals surface area contributed by atoms with Crippen LogP contribution >= 0.6 is 11.8 Å². The van der Waals surface area contributed by atoms with Crippen LogP contribution in [0.4, 0.5) is 5.69 Å². The van der Waals surface area contributed by atoms with Gasteiger partial charge in [0, 0.05) is 19.3 Å². The van der Waals surface area contributed by atoms with Gasteiger partial charge in [0.25, 0.3) is 0 Å². The van der Waals surface area contributed by atoms with Crippen LogP contribution in [0.3, 0.4) is 0 Å². The molecule has 1 amide bonds. The second-order valence-corrected chi connectivity index (χ2v) is 6.62. The zero-order valence-electron chi connectivity index (χ0n) is 13.7. The average Bonchev–Trinajstić information content (AvgIpc) is 2.92. The summed E-state index contributed by atoms with van der Waals surface area (Å²) in [5.74, 6) is -0.0290. The van der Waals surface area contributed by atoms with E-state index in [1.54, 1.807) is 16.5 Å². The summed E-state index contributed by atoms with van der Waals surface area (Å²) in [6, 6.07) is 9.48. The van der Waals surface area contributed by atoms with E-state index in [1.807, 2.05) is 37.3 Å². The fraction of sp³-hybridized carbons (Fsp3) is 0.438. The number of aromatic amines is 1. The molecule has 0 aliphatic rings. The number of amides is 1. The average molecular weight is 334 g/mol. The highest BCUT2D eigenvalue weighted by molar-refractivity contribution is 8.00. The van der Waals surface area contributed by atoms with Crippen molar-refractivity contribution in [2.24, 2.45) is 0 Å². The summed E-state index contributed by atoms with van der Waals surface area (Å²) in [7, 11) is 1.75. The molecule has 0 bridgehead atoms. The molecule has 0 saturated heterocycles. The third-order valence-electron chi connectivity index (χ3n) is 3.56. The van der Waals surface area contributed by atoms with E-state index < -0.39 is 0 Å². The summed E-state index contributed by atoms with van der Waals surface area (Å²) in [5.41, 5.74) is 0.618. The van der Waals surface area contributed by atoms with Gasteiger partial charge in [-0.05, 0) is 25.5 Å². The maximum absolute atomic E-state index is 12.6. The molecule has 1 aromatic heterocycles. The third kappa shape index (κ3) is 4.25. The molecule has 0 radical (unpaired) electrons. The lowest BCUT2D eigenvalue weighted by molar-refractivity contribution is -0.117. The van der Waals surface area contributed by atoms with Crippen molar-refractivity contribution in [3.05, 3.63) is 40.8 Å². The predicted octanol–water partition coefficient (Wildman–Crippen LogP) is 2.52. The van der Waals surface area contributed by atoms with E-state index in [2.05, 4.69) is 17.1 Å². The maximum atomic E-state index is 12.6. The first kappa shape index (κ1) is 17.3. The Morgan fingerprint density at radius 1 is 1.39 bits per heavy atom. The largest absolute Gasteiger partial charge is 0.343 e. The molecule has 1 aromatic carbocycles. The standard InChI is InChI=1S/C16H22N4O2S/c1-4-5-11-20-15(22)17-18-16(20)23-12(2)14(21)19(3)13-9-7-6-8-10-13/h6-10,12H,4-5,11H2,1-3H3,(H,17,22). The van der Waals surface area contributed by atoms with Crippen molar-refractivity contribution >= 4 is 23.4 Å². The normalized spacial score (nSPS) is 12.1. The van der Waals surface area contributed by atoms with Gasteiger partial charge < -0.3 is 4.90 Å². The van der Waals surface area contributed by atoms with Crippen LogP contribution < -0.4 is 10.6 Å². The number of rotatable bonds is 7. The SMILES string of the molecule is CCCCn1c(SC(C)C(=O)N(C)c2ccccc2)n[nH]c1=O. The minimum atomic E-state index is -0.337. The number of nitrogens with one attached hydrogen (secondary N) is 1. The topological polar surface area (TPSA) is 71.0 Å². The van der Waals surface area contributed by atoms with Crippen molar-refractivity contribution < 1.29 is 4.79 Å². The molecule has 0 aliphatic carbocycles. The molecule has 1 N–H and O–H groups in total. The van der Waals surface area contributed by atoms with Crippen LogP contribution in [0, 0.1) is 0 Å². The van der Waals surface area contributed by atoms with E-state index in [9.17, 15) is 9.59 Å². The molecule has 7 heteroatoms. The summed E-state index contributed by atoms with van der Waals surface area (Å²) in [4.78, 5) is 26.0. The molecular formula is C16H22N4O2S. The van der Waals surface area contributed by atoms with Crippen LogP contribution in [0.2, 0.25) is 0 Å². The van der Waals surface area contributed by atoms with E-state index in [-0.39, 0.29) is 16.8 Å². The summed E-state index contributed by atoms with van der Waals surface area (Å²) in [6.45, 7) is 4.51. The van der Waals surface area contributed by atoms with Crippen LogP contribution in [0.5, 0.6) is 0 Å². The number of nitrogens with zero attached hydrogens (tertiary/aromatic N) is 3. The number of hydrogen-bond donors (Lipinski definition) is 1. The van der Waals surface area contributed by atoms with Gasteiger partial charge in [-0.1, -0.05) is 43.3 Å². The third-order valence-corrected chi connectivity index (χ3v) is 4.64. The van der Waals surface area contributed by atoms with Gasteiger partial charge in [0.2, 0.25) is 5.91 Å². The molecule has 1 atom stereocenters. The Morgan fingerprint density at radius 3 is 2.74 bits per heavy atom. The summed E-state index contributed by atoms with van der Waals surface area (Å²) in [6.07, 6.45) is 1.90. The second-order valence-electron chi connectivity index (χ2n) is 5.31. The Morgan fingerprint density at radius 2 is 2.09 bits per heavy atom. The lowest BCUT2D eigenvalue weighted by atomic mass is 10.3. The maximum Gasteiger partial charge on any atom is 0.343 e. The predicted molar refractivity (Wildman–Crippen MR) is 92.9 cm³/mol. The number of anilines is 1. The van der Waals surface area contributed by atoms with Gasteiger partial charge in [0.05, 0.1) is 5.25 Å². The molecule has 124 valence electrons. The lowest BCUT2D eigenvalue weighted by Gasteiger charge is -2.21. The van der Waals surface area contributed by atoms with Gasteiger partial charge in [0.1, 0.15) is 0 Å². The number of carbonyl (C=O) groups is 1. The number of H-pyrrole nitrogens is 1. The van der Waals surface area contributed by atoms with E-state index in [4.69, 9.17) is 0 Å². The van der Waals surface area contributed by atoms with Crippen molar-refractivity contribution in [1.82, 2.24) is 14.8 Å². The van der Waals surface area contributed by atoms with Gasteiger partial charge in [-0.15, -0.1) is 5.10 Å². The first-order chi connectivity index (χ1) is 11.0. The molecule has 1 heterocycles. The molecule has 1 unspecified atom stereocenters. The molecule has 0 fully saturated rings. The van der Waals surface area contributed by atoms with Gasteiger partial charge in [-0.25, -0.2) is 9.89 Å². The van der Waals surface area contributed by atoms with Crippen molar-refractivity contribution in [3.63, 3.8) is 0 Å². The molecule has 6 nitrogen and oxygen atoms in total. The minimum absolute atomic E-state index is 0.0290. The van der Waals surface area contributed by atoms with Gasteiger partial charge in [-0.2, -0.15) is 0 Å². The molecular weight excluding hydrogens is 312 g/mol. The fourth-order valence-electron chi connectivity index (χ4n) is 2.17. The molecule has 2 rings (SSSR count). The van der Waals surface area contributed by atoms with E-state index in [0.29, 0.717) is 11.7 Å². The highest BCUT2D eigenvalue weighted by Gasteiger charge is 2.22. The molecule has 0 aliphatic heterocycles. The molecule has 0 spiro atoms. The number of para-hydroxylation sites is 1. The van der Waals surface area contributed by atoms with E-state index >= 15 is 0 Å². The van der Waals surface area contributed by atoms with Crippen LogP contribution in [-0.4, -0.2) is 33.0 Å².